The zero-order valence-electron chi connectivity index (χ0n) is 12.9. The first-order chi connectivity index (χ1) is 11.6. The molecule has 2 heterocycles. The Kier molecular flexibility index (Phi) is 4.72. The molecule has 0 unspecified atom stereocenters. The van der Waals surface area contributed by atoms with E-state index in [4.69, 9.17) is 4.74 Å². The van der Waals surface area contributed by atoms with Gasteiger partial charge in [0.15, 0.2) is 0 Å². The van der Waals surface area contributed by atoms with Gasteiger partial charge in [0.05, 0.1) is 24.6 Å². The molecule has 1 aliphatic rings. The maximum absolute atomic E-state index is 11.8. The summed E-state index contributed by atoms with van der Waals surface area (Å²) in [7, 11) is 0. The van der Waals surface area contributed by atoms with E-state index in [0.29, 0.717) is 17.9 Å². The molecule has 0 saturated carbocycles. The van der Waals surface area contributed by atoms with E-state index in [9.17, 15) is 14.7 Å². The molecule has 0 saturated heterocycles. The smallest absolute Gasteiger partial charge is 0.313 e. The summed E-state index contributed by atoms with van der Waals surface area (Å²) < 4.78 is 5.41. The van der Waals surface area contributed by atoms with Crippen LogP contribution < -0.4 is 15.4 Å². The fourth-order valence-electron chi connectivity index (χ4n) is 2.43. The van der Waals surface area contributed by atoms with Crippen molar-refractivity contribution in [3.63, 3.8) is 0 Å². The first kappa shape index (κ1) is 15.9. The van der Waals surface area contributed by atoms with Gasteiger partial charge in [-0.2, -0.15) is 0 Å². The second-order valence-electron chi connectivity index (χ2n) is 5.39. The summed E-state index contributed by atoms with van der Waals surface area (Å²) in [6.45, 7) is 0.582. The Morgan fingerprint density at radius 2 is 2.17 bits per heavy atom. The Labute approximate surface area is 138 Å². The van der Waals surface area contributed by atoms with E-state index in [1.165, 1.54) is 6.20 Å². The maximum Gasteiger partial charge on any atom is 0.313 e. The number of ether oxygens (including phenoxy) is 1. The van der Waals surface area contributed by atoms with Gasteiger partial charge in [0.25, 0.3) is 0 Å². The maximum atomic E-state index is 11.8. The minimum atomic E-state index is -0.897. The molecule has 1 aromatic heterocycles. The summed E-state index contributed by atoms with van der Waals surface area (Å²) in [6.07, 6.45) is 2.90. The minimum Gasteiger partial charge on any atom is -0.493 e. The number of anilines is 1. The Balaban J connectivity index is 1.53. The number of amides is 2. The molecular formula is C17H17N3O4. The van der Waals surface area contributed by atoms with Crippen molar-refractivity contribution in [2.24, 2.45) is 0 Å². The van der Waals surface area contributed by atoms with Crippen LogP contribution in [0.25, 0.3) is 0 Å². The molecular weight excluding hydrogens is 310 g/mol. The second kappa shape index (κ2) is 7.10. The fraction of sp³-hybridized carbons (Fsp3) is 0.235. The first-order valence-corrected chi connectivity index (χ1v) is 7.56. The Morgan fingerprint density at radius 1 is 1.29 bits per heavy atom. The molecule has 0 radical (unpaired) electrons. The zero-order chi connectivity index (χ0) is 16.9. The Bertz CT molecular complexity index is 749. The molecule has 2 amide bonds. The topological polar surface area (TPSA) is 101 Å². The molecule has 0 aliphatic carbocycles. The average molecular weight is 327 g/mol. The molecule has 0 bridgehead atoms. The molecule has 2 aromatic rings. The number of nitrogens with zero attached hydrogens (tertiary/aromatic N) is 1. The molecule has 3 N–H and O–H groups in total. The van der Waals surface area contributed by atoms with Gasteiger partial charge in [0, 0.05) is 19.2 Å². The number of carbonyl (C=O) groups excluding carboxylic acids is 2. The number of benzene rings is 1. The highest BCUT2D eigenvalue weighted by Gasteiger charge is 2.18. The number of hydrogen-bond acceptors (Lipinski definition) is 5. The number of aromatic nitrogens is 1. The van der Waals surface area contributed by atoms with Crippen LogP contribution in [0, 0.1) is 0 Å². The number of fused-ring (bicyclic) bond motifs is 1. The standard InChI is InChI=1S/C17H17N3O4/c21-14(11-3-4-15-12(8-11)5-7-24-15)10-19-16(22)17(23)20-13-2-1-6-18-9-13/h1-4,6,8-9,14,21H,5,7,10H2,(H,19,22)(H,20,23)/t14-/m0/s1. The summed E-state index contributed by atoms with van der Waals surface area (Å²) in [4.78, 5) is 27.4. The van der Waals surface area contributed by atoms with Gasteiger partial charge in [0.1, 0.15) is 5.75 Å². The lowest BCUT2D eigenvalue weighted by Crippen LogP contribution is -2.37. The van der Waals surface area contributed by atoms with Crippen molar-refractivity contribution in [1.29, 1.82) is 0 Å². The SMILES string of the molecule is O=C(NC[C@H](O)c1ccc2c(c1)CCO2)C(=O)Nc1cccnc1. The highest BCUT2D eigenvalue weighted by atomic mass is 16.5. The number of aliphatic hydroxyl groups excluding tert-OH is 1. The zero-order valence-corrected chi connectivity index (χ0v) is 12.9. The van der Waals surface area contributed by atoms with Crippen LogP contribution in [-0.2, 0) is 16.0 Å². The van der Waals surface area contributed by atoms with E-state index in [0.717, 1.165) is 17.7 Å². The van der Waals surface area contributed by atoms with E-state index in [-0.39, 0.29) is 6.54 Å². The third kappa shape index (κ3) is 3.69. The van der Waals surface area contributed by atoms with Crippen LogP contribution in [0.4, 0.5) is 5.69 Å². The second-order valence-corrected chi connectivity index (χ2v) is 5.39. The van der Waals surface area contributed by atoms with Gasteiger partial charge in [-0.05, 0) is 35.4 Å². The molecule has 7 nitrogen and oxygen atoms in total. The lowest BCUT2D eigenvalue weighted by molar-refractivity contribution is -0.136. The van der Waals surface area contributed by atoms with Gasteiger partial charge in [-0.25, -0.2) is 0 Å². The summed E-state index contributed by atoms with van der Waals surface area (Å²) in [5, 5.41) is 15.0. The Hall–Kier alpha value is -2.93. The molecule has 124 valence electrons. The monoisotopic (exact) mass is 327 g/mol. The number of hydrogen-bond donors (Lipinski definition) is 3. The van der Waals surface area contributed by atoms with Gasteiger partial charge in [0.2, 0.25) is 0 Å². The number of nitrogens with one attached hydrogen (secondary N) is 2. The summed E-state index contributed by atoms with van der Waals surface area (Å²) in [5.74, 6) is -0.800. The predicted molar refractivity (Wildman–Crippen MR) is 86.5 cm³/mol. The molecule has 0 spiro atoms. The van der Waals surface area contributed by atoms with Crippen LogP contribution in [-0.4, -0.2) is 35.1 Å². The minimum absolute atomic E-state index is 0.0566. The average Bonchev–Trinajstić information content (AvgIpc) is 3.07. The van der Waals surface area contributed by atoms with Crippen molar-refractivity contribution in [3.8, 4) is 5.75 Å². The van der Waals surface area contributed by atoms with E-state index in [2.05, 4.69) is 15.6 Å². The fourth-order valence-corrected chi connectivity index (χ4v) is 2.43. The number of aliphatic hydroxyl groups is 1. The molecule has 1 aliphatic heterocycles. The lowest BCUT2D eigenvalue weighted by Gasteiger charge is -2.13. The summed E-state index contributed by atoms with van der Waals surface area (Å²) in [6, 6.07) is 8.68. The quantitative estimate of drug-likeness (QED) is 0.721. The molecule has 1 atom stereocenters. The number of pyridine rings is 1. The molecule has 24 heavy (non-hydrogen) atoms. The normalized spacial score (nSPS) is 13.5. The van der Waals surface area contributed by atoms with Crippen molar-refractivity contribution < 1.29 is 19.4 Å². The first-order valence-electron chi connectivity index (χ1n) is 7.56. The van der Waals surface area contributed by atoms with Crippen LogP contribution in [0.1, 0.15) is 17.2 Å². The van der Waals surface area contributed by atoms with Gasteiger partial charge in [-0.3, -0.25) is 14.6 Å². The van der Waals surface area contributed by atoms with Crippen molar-refractivity contribution in [2.45, 2.75) is 12.5 Å². The summed E-state index contributed by atoms with van der Waals surface area (Å²) >= 11 is 0. The third-order valence-electron chi connectivity index (χ3n) is 3.68. The van der Waals surface area contributed by atoms with Gasteiger partial charge in [-0.15, -0.1) is 0 Å². The third-order valence-corrected chi connectivity index (χ3v) is 3.68. The largest absolute Gasteiger partial charge is 0.493 e. The van der Waals surface area contributed by atoms with Crippen LogP contribution in [0.2, 0.25) is 0 Å². The number of carbonyl (C=O) groups is 2. The van der Waals surface area contributed by atoms with Gasteiger partial charge >= 0.3 is 11.8 Å². The lowest BCUT2D eigenvalue weighted by atomic mass is 10.0. The van der Waals surface area contributed by atoms with Gasteiger partial charge in [-0.1, -0.05) is 6.07 Å². The van der Waals surface area contributed by atoms with E-state index in [1.54, 1.807) is 30.5 Å². The molecule has 7 heteroatoms. The van der Waals surface area contributed by atoms with Crippen LogP contribution in [0.5, 0.6) is 5.75 Å². The van der Waals surface area contributed by atoms with E-state index >= 15 is 0 Å². The Morgan fingerprint density at radius 3 is 2.96 bits per heavy atom. The molecule has 3 rings (SSSR count). The van der Waals surface area contributed by atoms with Crippen molar-refractivity contribution >= 4 is 17.5 Å². The summed E-state index contributed by atoms with van der Waals surface area (Å²) in [5.41, 5.74) is 2.14. The van der Waals surface area contributed by atoms with Crippen molar-refractivity contribution in [3.05, 3.63) is 53.9 Å². The predicted octanol–water partition coefficient (Wildman–Crippen LogP) is 0.805. The van der Waals surface area contributed by atoms with E-state index < -0.39 is 17.9 Å². The molecule has 1 aromatic carbocycles. The number of rotatable bonds is 4. The molecule has 0 fully saturated rings. The van der Waals surface area contributed by atoms with Crippen LogP contribution in [0.15, 0.2) is 42.7 Å². The van der Waals surface area contributed by atoms with Gasteiger partial charge < -0.3 is 20.5 Å². The van der Waals surface area contributed by atoms with Crippen molar-refractivity contribution in [1.82, 2.24) is 10.3 Å². The van der Waals surface area contributed by atoms with Crippen LogP contribution in [0.3, 0.4) is 0 Å². The van der Waals surface area contributed by atoms with Crippen molar-refractivity contribution in [2.75, 3.05) is 18.5 Å². The highest BCUT2D eigenvalue weighted by Crippen LogP contribution is 2.27. The highest BCUT2D eigenvalue weighted by molar-refractivity contribution is 6.39. The van der Waals surface area contributed by atoms with E-state index in [1.807, 2.05) is 6.07 Å². The van der Waals surface area contributed by atoms with Crippen LogP contribution >= 0.6 is 0 Å².